The third-order valence-corrected chi connectivity index (χ3v) is 4.45. The highest BCUT2D eigenvalue weighted by Gasteiger charge is 2.32. The van der Waals surface area contributed by atoms with Crippen LogP contribution in [0.15, 0.2) is 30.3 Å². The summed E-state index contributed by atoms with van der Waals surface area (Å²) in [5, 5.41) is 0. The van der Waals surface area contributed by atoms with Gasteiger partial charge in [-0.25, -0.2) is 0 Å². The molecule has 0 spiro atoms. The second-order valence-electron chi connectivity index (χ2n) is 4.36. The number of rotatable bonds is 3. The van der Waals surface area contributed by atoms with Gasteiger partial charge in [0.15, 0.2) is 0 Å². The van der Waals surface area contributed by atoms with Crippen LogP contribution in [0.3, 0.4) is 0 Å². The predicted molar refractivity (Wildman–Crippen MR) is 73.6 cm³/mol. The average molecular weight is 329 g/mol. The van der Waals surface area contributed by atoms with Crippen LogP contribution in [-0.4, -0.2) is 21.8 Å². The van der Waals surface area contributed by atoms with Crippen molar-refractivity contribution in [2.24, 2.45) is 5.92 Å². The summed E-state index contributed by atoms with van der Waals surface area (Å²) in [5.74, 6) is 0.845. The van der Waals surface area contributed by atoms with Crippen molar-refractivity contribution in [1.82, 2.24) is 4.90 Å². The van der Waals surface area contributed by atoms with E-state index < -0.39 is 0 Å². The van der Waals surface area contributed by atoms with Crippen molar-refractivity contribution in [1.29, 1.82) is 0 Å². The van der Waals surface area contributed by atoms with Crippen LogP contribution >= 0.6 is 22.6 Å². The zero-order chi connectivity index (χ0) is 11.5. The van der Waals surface area contributed by atoms with Crippen LogP contribution in [-0.2, 0) is 4.79 Å². The number of alkyl halides is 1. The molecule has 0 saturated carbocycles. The number of hydrogen-bond acceptors (Lipinski definition) is 1. The van der Waals surface area contributed by atoms with Crippen molar-refractivity contribution in [3.63, 3.8) is 0 Å². The molecular formula is C13H16INO. The Hall–Kier alpha value is -0.580. The van der Waals surface area contributed by atoms with Gasteiger partial charge >= 0.3 is 0 Å². The van der Waals surface area contributed by atoms with Crippen molar-refractivity contribution in [2.75, 3.05) is 11.0 Å². The van der Waals surface area contributed by atoms with Crippen LogP contribution in [0.1, 0.15) is 24.9 Å². The topological polar surface area (TPSA) is 20.3 Å². The zero-order valence-corrected chi connectivity index (χ0v) is 11.6. The largest absolute Gasteiger partial charge is 0.336 e. The SMILES string of the molecule is C[C@@H](c1ccccc1)N1C[C@H](CI)CC1=O. The minimum absolute atomic E-state index is 0.210. The fraction of sp³-hybridized carbons (Fsp3) is 0.462. The number of amides is 1. The summed E-state index contributed by atoms with van der Waals surface area (Å²) in [6, 6.07) is 10.5. The van der Waals surface area contributed by atoms with Gasteiger partial charge in [0.05, 0.1) is 6.04 Å². The molecule has 2 nitrogen and oxygen atoms in total. The predicted octanol–water partition coefficient (Wildman–Crippen LogP) is 3.03. The van der Waals surface area contributed by atoms with Crippen LogP contribution < -0.4 is 0 Å². The first kappa shape index (κ1) is 11.9. The summed E-state index contributed by atoms with van der Waals surface area (Å²) < 4.78 is 1.07. The fourth-order valence-corrected chi connectivity index (χ4v) is 2.79. The lowest BCUT2D eigenvalue weighted by atomic mass is 10.1. The van der Waals surface area contributed by atoms with Crippen molar-refractivity contribution < 1.29 is 4.79 Å². The van der Waals surface area contributed by atoms with Crippen LogP contribution in [0.25, 0.3) is 0 Å². The van der Waals surface area contributed by atoms with E-state index in [1.54, 1.807) is 0 Å². The number of likely N-dealkylation sites (tertiary alicyclic amines) is 1. The molecule has 0 bridgehead atoms. The molecule has 1 heterocycles. The Morgan fingerprint density at radius 3 is 2.69 bits per heavy atom. The molecule has 1 aliphatic heterocycles. The molecule has 0 unspecified atom stereocenters. The van der Waals surface area contributed by atoms with Crippen LogP contribution in [0.4, 0.5) is 0 Å². The molecule has 2 rings (SSSR count). The highest BCUT2D eigenvalue weighted by Crippen LogP contribution is 2.28. The third-order valence-electron chi connectivity index (χ3n) is 3.21. The van der Waals surface area contributed by atoms with E-state index in [9.17, 15) is 4.79 Å². The number of carbonyl (C=O) groups is 1. The lowest BCUT2D eigenvalue weighted by Gasteiger charge is -2.25. The van der Waals surface area contributed by atoms with Gasteiger partial charge in [0.2, 0.25) is 5.91 Å². The van der Waals surface area contributed by atoms with Crippen molar-refractivity contribution >= 4 is 28.5 Å². The molecule has 16 heavy (non-hydrogen) atoms. The summed E-state index contributed by atoms with van der Waals surface area (Å²) in [7, 11) is 0. The molecule has 1 aromatic carbocycles. The minimum Gasteiger partial charge on any atom is -0.336 e. The smallest absolute Gasteiger partial charge is 0.223 e. The molecular weight excluding hydrogens is 313 g/mol. The first-order valence-corrected chi connectivity index (χ1v) is 7.15. The standard InChI is InChI=1S/C13H16INO/c1-10(12-5-3-2-4-6-12)15-9-11(8-14)7-13(15)16/h2-6,10-11H,7-9H2,1H3/t10-,11-/m0/s1. The molecule has 2 atom stereocenters. The molecule has 0 radical (unpaired) electrons. The van der Waals surface area contributed by atoms with Crippen molar-refractivity contribution in [3.05, 3.63) is 35.9 Å². The van der Waals surface area contributed by atoms with E-state index in [1.165, 1.54) is 5.56 Å². The van der Waals surface area contributed by atoms with Gasteiger partial charge in [-0.2, -0.15) is 0 Å². The molecule has 0 aromatic heterocycles. The molecule has 1 fully saturated rings. The molecule has 1 saturated heterocycles. The Labute approximate surface area is 110 Å². The van der Waals surface area contributed by atoms with Gasteiger partial charge in [0.25, 0.3) is 0 Å². The van der Waals surface area contributed by atoms with Gasteiger partial charge in [-0.3, -0.25) is 4.79 Å². The molecule has 0 aliphatic carbocycles. The molecule has 1 aromatic rings. The maximum Gasteiger partial charge on any atom is 0.223 e. The third kappa shape index (κ3) is 2.39. The van der Waals surface area contributed by atoms with E-state index in [4.69, 9.17) is 0 Å². The van der Waals surface area contributed by atoms with Gasteiger partial charge in [0, 0.05) is 17.4 Å². The van der Waals surface area contributed by atoms with Gasteiger partial charge < -0.3 is 4.90 Å². The number of hydrogen-bond donors (Lipinski definition) is 0. The number of halogens is 1. The van der Waals surface area contributed by atoms with Crippen LogP contribution in [0.2, 0.25) is 0 Å². The van der Waals surface area contributed by atoms with E-state index in [-0.39, 0.29) is 6.04 Å². The quantitative estimate of drug-likeness (QED) is 0.617. The lowest BCUT2D eigenvalue weighted by molar-refractivity contribution is -0.129. The van der Waals surface area contributed by atoms with Gasteiger partial charge in [-0.15, -0.1) is 0 Å². The molecule has 1 aliphatic rings. The second-order valence-corrected chi connectivity index (χ2v) is 5.24. The minimum atomic E-state index is 0.210. The maximum atomic E-state index is 11.9. The second kappa shape index (κ2) is 5.17. The Morgan fingerprint density at radius 1 is 1.44 bits per heavy atom. The summed E-state index contributed by atoms with van der Waals surface area (Å²) in [6.07, 6.45) is 0.722. The Kier molecular flexibility index (Phi) is 3.84. The van der Waals surface area contributed by atoms with Gasteiger partial charge in [0.1, 0.15) is 0 Å². The van der Waals surface area contributed by atoms with E-state index in [1.807, 2.05) is 23.1 Å². The van der Waals surface area contributed by atoms with Crippen LogP contribution in [0, 0.1) is 5.92 Å². The summed E-state index contributed by atoms with van der Waals surface area (Å²) in [5.41, 5.74) is 1.23. The number of carbonyl (C=O) groups excluding carboxylic acids is 1. The first-order chi connectivity index (χ1) is 7.72. The van der Waals surface area contributed by atoms with Gasteiger partial charge in [-0.1, -0.05) is 52.9 Å². The van der Waals surface area contributed by atoms with Crippen molar-refractivity contribution in [3.8, 4) is 0 Å². The fourth-order valence-electron chi connectivity index (χ4n) is 2.20. The van der Waals surface area contributed by atoms with E-state index >= 15 is 0 Å². The number of nitrogens with zero attached hydrogens (tertiary/aromatic N) is 1. The van der Waals surface area contributed by atoms with E-state index in [0.717, 1.165) is 17.4 Å². The Balaban J connectivity index is 2.11. The summed E-state index contributed by atoms with van der Waals surface area (Å²) in [6.45, 7) is 3.03. The van der Waals surface area contributed by atoms with Gasteiger partial charge in [-0.05, 0) is 18.4 Å². The summed E-state index contributed by atoms with van der Waals surface area (Å²) >= 11 is 2.37. The maximum absolute atomic E-state index is 11.9. The molecule has 3 heteroatoms. The Morgan fingerprint density at radius 2 is 2.12 bits per heavy atom. The zero-order valence-electron chi connectivity index (χ0n) is 9.40. The molecule has 0 N–H and O–H groups in total. The first-order valence-electron chi connectivity index (χ1n) is 5.62. The highest BCUT2D eigenvalue weighted by molar-refractivity contribution is 14.1. The van der Waals surface area contributed by atoms with Crippen molar-refractivity contribution in [2.45, 2.75) is 19.4 Å². The molecule has 86 valence electrons. The monoisotopic (exact) mass is 329 g/mol. The summed E-state index contributed by atoms with van der Waals surface area (Å²) in [4.78, 5) is 13.9. The average Bonchev–Trinajstić information content (AvgIpc) is 2.71. The highest BCUT2D eigenvalue weighted by atomic mass is 127. The van der Waals surface area contributed by atoms with E-state index in [2.05, 4.69) is 41.6 Å². The normalized spacial score (nSPS) is 22.5. The molecule has 1 amide bonds. The van der Waals surface area contributed by atoms with Crippen LogP contribution in [0.5, 0.6) is 0 Å². The Bertz CT molecular complexity index is 365. The number of benzene rings is 1. The lowest BCUT2D eigenvalue weighted by Crippen LogP contribution is -2.28. The van der Waals surface area contributed by atoms with E-state index in [0.29, 0.717) is 11.8 Å².